The van der Waals surface area contributed by atoms with Crippen molar-refractivity contribution < 1.29 is 37.3 Å². The molecular weight excluding hydrogens is 499 g/mol. The van der Waals surface area contributed by atoms with Crippen LogP contribution in [0.3, 0.4) is 0 Å². The van der Waals surface area contributed by atoms with E-state index in [1.54, 1.807) is 35.2 Å². The molecule has 0 fully saturated rings. The molecule has 0 saturated carbocycles. The van der Waals surface area contributed by atoms with Gasteiger partial charge in [0.2, 0.25) is 0 Å². The van der Waals surface area contributed by atoms with Gasteiger partial charge < -0.3 is 19.5 Å². The molecule has 0 radical (unpaired) electrons. The van der Waals surface area contributed by atoms with E-state index in [0.717, 1.165) is 17.7 Å². The summed E-state index contributed by atoms with van der Waals surface area (Å²) in [7, 11) is 0. The number of hydrogen-bond acceptors (Lipinski definition) is 4. The summed E-state index contributed by atoms with van der Waals surface area (Å²) in [6, 6.07) is 18.4. The van der Waals surface area contributed by atoms with Gasteiger partial charge in [0.25, 0.3) is 5.91 Å². The normalized spacial score (nSPS) is 11.3. The number of rotatable bonds is 12. The van der Waals surface area contributed by atoms with Crippen molar-refractivity contribution in [2.75, 3.05) is 19.8 Å². The van der Waals surface area contributed by atoms with E-state index in [0.29, 0.717) is 30.0 Å². The molecule has 6 nitrogen and oxygen atoms in total. The number of nitrogens with zero attached hydrogens (tertiary/aromatic N) is 1. The van der Waals surface area contributed by atoms with E-state index in [1.165, 1.54) is 18.2 Å². The van der Waals surface area contributed by atoms with Gasteiger partial charge in [0.15, 0.2) is 6.61 Å². The molecule has 0 aliphatic rings. The standard InChI is InChI=1S/C29H30F3NO5/c1-20(2)17-33(18-22-7-11-23(12-8-22)29(30,31)32)27(34)19-38-24-13-9-21(10-14-24)15-16-37-26-6-4-3-5-25(26)28(35)36/h3-14,20H,15-19H2,1-2H3,(H,35,36). The third-order valence-electron chi connectivity index (χ3n) is 5.64. The second-order valence-corrected chi connectivity index (χ2v) is 9.20. The molecule has 3 rings (SSSR count). The summed E-state index contributed by atoms with van der Waals surface area (Å²) in [4.78, 5) is 25.7. The summed E-state index contributed by atoms with van der Waals surface area (Å²) in [5, 5.41) is 9.23. The zero-order chi connectivity index (χ0) is 27.7. The van der Waals surface area contributed by atoms with Crippen molar-refractivity contribution in [1.82, 2.24) is 4.90 Å². The quantitative estimate of drug-likeness (QED) is 0.307. The first-order valence-corrected chi connectivity index (χ1v) is 12.1. The van der Waals surface area contributed by atoms with Crippen molar-refractivity contribution in [2.24, 2.45) is 5.92 Å². The van der Waals surface area contributed by atoms with E-state index < -0.39 is 17.7 Å². The summed E-state index contributed by atoms with van der Waals surface area (Å²) in [5.74, 6) is -0.354. The fraction of sp³-hybridized carbons (Fsp3) is 0.310. The van der Waals surface area contributed by atoms with Crippen LogP contribution >= 0.6 is 0 Å². The Balaban J connectivity index is 1.52. The molecule has 0 unspecified atom stereocenters. The van der Waals surface area contributed by atoms with Gasteiger partial charge in [0.1, 0.15) is 17.1 Å². The van der Waals surface area contributed by atoms with Crippen molar-refractivity contribution in [3.8, 4) is 11.5 Å². The lowest BCUT2D eigenvalue weighted by Gasteiger charge is -2.25. The van der Waals surface area contributed by atoms with Crippen LogP contribution in [0.5, 0.6) is 11.5 Å². The molecule has 202 valence electrons. The van der Waals surface area contributed by atoms with Crippen molar-refractivity contribution in [3.05, 3.63) is 95.1 Å². The van der Waals surface area contributed by atoms with Gasteiger partial charge >= 0.3 is 12.1 Å². The molecule has 3 aromatic carbocycles. The molecule has 1 N–H and O–H groups in total. The van der Waals surface area contributed by atoms with Crippen LogP contribution in [0.2, 0.25) is 0 Å². The second kappa shape index (κ2) is 13.0. The smallest absolute Gasteiger partial charge is 0.416 e. The SMILES string of the molecule is CC(C)CN(Cc1ccc(C(F)(F)F)cc1)C(=O)COc1ccc(CCOc2ccccc2C(=O)O)cc1. The highest BCUT2D eigenvalue weighted by Crippen LogP contribution is 2.29. The summed E-state index contributed by atoms with van der Waals surface area (Å²) in [6.45, 7) is 4.61. The highest BCUT2D eigenvalue weighted by molar-refractivity contribution is 5.90. The largest absolute Gasteiger partial charge is 0.492 e. The Morgan fingerprint density at radius 1 is 0.895 bits per heavy atom. The number of carboxylic acids is 1. The third kappa shape index (κ3) is 8.54. The minimum absolute atomic E-state index is 0.103. The maximum Gasteiger partial charge on any atom is 0.416 e. The summed E-state index contributed by atoms with van der Waals surface area (Å²) in [6.07, 6.45) is -3.86. The zero-order valence-electron chi connectivity index (χ0n) is 21.2. The van der Waals surface area contributed by atoms with E-state index in [2.05, 4.69) is 0 Å². The van der Waals surface area contributed by atoms with Gasteiger partial charge in [-0.1, -0.05) is 50.2 Å². The molecule has 9 heteroatoms. The number of benzene rings is 3. The molecule has 0 atom stereocenters. The molecule has 0 aliphatic carbocycles. The topological polar surface area (TPSA) is 76.1 Å². The predicted octanol–water partition coefficient (Wildman–Crippen LogP) is 6.09. The maximum atomic E-state index is 12.9. The van der Waals surface area contributed by atoms with Gasteiger partial charge in [-0.2, -0.15) is 13.2 Å². The van der Waals surface area contributed by atoms with E-state index in [9.17, 15) is 27.9 Å². The molecule has 0 aliphatic heterocycles. The number of hydrogen-bond donors (Lipinski definition) is 1. The van der Waals surface area contributed by atoms with Crippen LogP contribution < -0.4 is 9.47 Å². The minimum atomic E-state index is -4.41. The summed E-state index contributed by atoms with van der Waals surface area (Å²) in [5.41, 5.74) is 0.918. The predicted molar refractivity (Wildman–Crippen MR) is 136 cm³/mol. The first kappa shape index (κ1) is 28.6. The Morgan fingerprint density at radius 2 is 1.53 bits per heavy atom. The van der Waals surface area contributed by atoms with Crippen LogP contribution in [0, 0.1) is 5.92 Å². The first-order chi connectivity index (χ1) is 18.0. The van der Waals surface area contributed by atoms with Crippen LogP contribution in [0.4, 0.5) is 13.2 Å². The number of aromatic carboxylic acids is 1. The molecule has 0 saturated heterocycles. The molecule has 3 aromatic rings. The summed E-state index contributed by atoms with van der Waals surface area (Å²) < 4.78 is 49.8. The van der Waals surface area contributed by atoms with Crippen LogP contribution in [-0.4, -0.2) is 41.6 Å². The Labute approximate surface area is 219 Å². The van der Waals surface area contributed by atoms with Gasteiger partial charge in [0, 0.05) is 19.5 Å². The number of para-hydroxylation sites is 1. The lowest BCUT2D eigenvalue weighted by atomic mass is 10.1. The Morgan fingerprint density at radius 3 is 2.13 bits per heavy atom. The van der Waals surface area contributed by atoms with Crippen molar-refractivity contribution in [3.63, 3.8) is 0 Å². The highest BCUT2D eigenvalue weighted by atomic mass is 19.4. The average Bonchev–Trinajstić information content (AvgIpc) is 2.87. The molecule has 1 amide bonds. The van der Waals surface area contributed by atoms with Crippen LogP contribution in [0.15, 0.2) is 72.8 Å². The lowest BCUT2D eigenvalue weighted by molar-refractivity contribution is -0.138. The van der Waals surface area contributed by atoms with Crippen molar-refractivity contribution >= 4 is 11.9 Å². The fourth-order valence-corrected chi connectivity index (χ4v) is 3.75. The molecule has 0 spiro atoms. The Kier molecular flexibility index (Phi) is 9.76. The maximum absolute atomic E-state index is 12.9. The molecule has 0 heterocycles. The van der Waals surface area contributed by atoms with Crippen LogP contribution in [0.25, 0.3) is 0 Å². The molecular formula is C29H30F3NO5. The Hall–Kier alpha value is -4.01. The average molecular weight is 530 g/mol. The van der Waals surface area contributed by atoms with E-state index in [-0.39, 0.29) is 37.1 Å². The second-order valence-electron chi connectivity index (χ2n) is 9.20. The monoisotopic (exact) mass is 529 g/mol. The van der Waals surface area contributed by atoms with E-state index in [1.807, 2.05) is 26.0 Å². The van der Waals surface area contributed by atoms with Crippen LogP contribution in [0.1, 0.15) is 40.9 Å². The molecule has 0 aromatic heterocycles. The van der Waals surface area contributed by atoms with E-state index >= 15 is 0 Å². The van der Waals surface area contributed by atoms with Gasteiger partial charge in [-0.3, -0.25) is 4.79 Å². The number of halogens is 3. The van der Waals surface area contributed by atoms with Gasteiger partial charge in [-0.25, -0.2) is 4.79 Å². The summed E-state index contributed by atoms with van der Waals surface area (Å²) >= 11 is 0. The lowest BCUT2D eigenvalue weighted by Crippen LogP contribution is -2.37. The van der Waals surface area contributed by atoms with Crippen molar-refractivity contribution in [1.29, 1.82) is 0 Å². The number of ether oxygens (including phenoxy) is 2. The molecule has 0 bridgehead atoms. The Bertz CT molecular complexity index is 1210. The number of carbonyl (C=O) groups excluding carboxylic acids is 1. The number of amides is 1. The number of carboxylic acid groups (broad SMARTS) is 1. The van der Waals surface area contributed by atoms with Gasteiger partial charge in [0.05, 0.1) is 12.2 Å². The van der Waals surface area contributed by atoms with Gasteiger partial charge in [-0.15, -0.1) is 0 Å². The fourth-order valence-electron chi connectivity index (χ4n) is 3.75. The first-order valence-electron chi connectivity index (χ1n) is 12.1. The van der Waals surface area contributed by atoms with Crippen LogP contribution in [-0.2, 0) is 23.9 Å². The van der Waals surface area contributed by atoms with Gasteiger partial charge in [-0.05, 0) is 53.4 Å². The van der Waals surface area contributed by atoms with E-state index in [4.69, 9.17) is 9.47 Å². The third-order valence-corrected chi connectivity index (χ3v) is 5.64. The highest BCUT2D eigenvalue weighted by Gasteiger charge is 2.30. The number of alkyl halides is 3. The number of carbonyl (C=O) groups is 2. The zero-order valence-corrected chi connectivity index (χ0v) is 21.2. The van der Waals surface area contributed by atoms with Crippen molar-refractivity contribution in [2.45, 2.75) is 33.0 Å². The molecule has 38 heavy (non-hydrogen) atoms. The minimum Gasteiger partial charge on any atom is -0.492 e.